The molecule has 0 radical (unpaired) electrons. The first-order valence-corrected chi connectivity index (χ1v) is 8.18. The van der Waals surface area contributed by atoms with Crippen molar-refractivity contribution in [2.24, 2.45) is 0 Å². The Labute approximate surface area is 143 Å². The van der Waals surface area contributed by atoms with E-state index in [9.17, 15) is 0 Å². The van der Waals surface area contributed by atoms with Crippen molar-refractivity contribution in [1.29, 1.82) is 0 Å². The first kappa shape index (κ1) is 13.7. The average molecular weight is 333 g/mol. The van der Waals surface area contributed by atoms with E-state index in [1.54, 1.807) is 0 Å². The Bertz CT molecular complexity index is 1080. The second-order valence-electron chi connectivity index (χ2n) is 6.16. The molecule has 1 heterocycles. The molecule has 116 valence electrons. The number of fused-ring (bicyclic) bond motifs is 3. The predicted molar refractivity (Wildman–Crippen MR) is 95.1 cm³/mol. The Kier molecular flexibility index (Phi) is 2.79. The normalized spacial score (nSPS) is 11.9. The van der Waals surface area contributed by atoms with Crippen LogP contribution in [0.4, 0.5) is 0 Å². The molecule has 0 amide bonds. The Morgan fingerprint density at radius 2 is 1.79 bits per heavy atom. The van der Waals surface area contributed by atoms with Crippen LogP contribution < -0.4 is 0 Å². The minimum Gasteiger partial charge on any atom is -0.177 e. The van der Waals surface area contributed by atoms with Crippen LogP contribution in [-0.2, 0) is 6.42 Å². The van der Waals surface area contributed by atoms with Gasteiger partial charge in [0.05, 0.1) is 0 Å². The summed E-state index contributed by atoms with van der Waals surface area (Å²) >= 11 is 6.02. The molecule has 5 rings (SSSR count). The van der Waals surface area contributed by atoms with Crippen LogP contribution in [0.15, 0.2) is 42.5 Å². The number of nitrogens with zero attached hydrogens (tertiary/aromatic N) is 3. The van der Waals surface area contributed by atoms with Gasteiger partial charge in [-0.05, 0) is 57.6 Å². The van der Waals surface area contributed by atoms with Gasteiger partial charge >= 0.3 is 0 Å². The van der Waals surface area contributed by atoms with E-state index in [1.165, 1.54) is 44.2 Å². The Balaban J connectivity index is 1.72. The van der Waals surface area contributed by atoms with E-state index in [0.29, 0.717) is 12.2 Å². The van der Waals surface area contributed by atoms with E-state index in [-0.39, 0.29) is 0 Å². The van der Waals surface area contributed by atoms with Gasteiger partial charge in [-0.2, -0.15) is 5.21 Å². The summed E-state index contributed by atoms with van der Waals surface area (Å²) in [5.41, 5.74) is 7.77. The zero-order valence-electron chi connectivity index (χ0n) is 13.0. The zero-order valence-corrected chi connectivity index (χ0v) is 13.7. The van der Waals surface area contributed by atoms with Crippen molar-refractivity contribution in [2.45, 2.75) is 13.3 Å². The Morgan fingerprint density at radius 3 is 2.54 bits per heavy atom. The van der Waals surface area contributed by atoms with E-state index in [0.717, 1.165) is 5.02 Å². The van der Waals surface area contributed by atoms with Crippen LogP contribution in [0.1, 0.15) is 17.0 Å². The highest BCUT2D eigenvalue weighted by Crippen LogP contribution is 2.59. The molecule has 2 aromatic carbocycles. The molecule has 2 aliphatic rings. The van der Waals surface area contributed by atoms with Crippen molar-refractivity contribution in [3.8, 4) is 22.3 Å². The first-order valence-electron chi connectivity index (χ1n) is 7.80. The number of hydrogen-bond donors (Lipinski definition) is 1. The zero-order chi connectivity index (χ0) is 16.3. The van der Waals surface area contributed by atoms with Crippen LogP contribution in [0.5, 0.6) is 0 Å². The van der Waals surface area contributed by atoms with E-state index in [1.807, 2.05) is 12.1 Å². The highest BCUT2D eigenvalue weighted by Gasteiger charge is 2.34. The molecule has 3 aromatic rings. The van der Waals surface area contributed by atoms with Gasteiger partial charge in [-0.1, -0.05) is 52.7 Å². The molecular formula is C19H13ClN4. The van der Waals surface area contributed by atoms with Gasteiger partial charge in [0.25, 0.3) is 0 Å². The van der Waals surface area contributed by atoms with Gasteiger partial charge in [-0.3, -0.25) is 0 Å². The summed E-state index contributed by atoms with van der Waals surface area (Å²) in [6.07, 6.45) is 0.683. The number of tetrazole rings is 1. The van der Waals surface area contributed by atoms with Crippen LogP contribution in [-0.4, -0.2) is 20.6 Å². The number of aryl methyl sites for hydroxylation is 1. The van der Waals surface area contributed by atoms with Crippen molar-refractivity contribution < 1.29 is 0 Å². The molecule has 1 aromatic heterocycles. The van der Waals surface area contributed by atoms with E-state index >= 15 is 0 Å². The molecule has 0 unspecified atom stereocenters. The van der Waals surface area contributed by atoms with Gasteiger partial charge in [0, 0.05) is 11.4 Å². The van der Waals surface area contributed by atoms with Gasteiger partial charge in [-0.25, -0.2) is 0 Å². The lowest BCUT2D eigenvalue weighted by atomic mass is 10.0. The Morgan fingerprint density at radius 1 is 0.958 bits per heavy atom. The summed E-state index contributed by atoms with van der Waals surface area (Å²) in [4.78, 5) is 0. The minimum absolute atomic E-state index is 0.683. The molecule has 1 N–H and O–H groups in total. The van der Waals surface area contributed by atoms with Gasteiger partial charge < -0.3 is 0 Å². The molecule has 0 saturated carbocycles. The highest BCUT2D eigenvalue weighted by atomic mass is 35.5. The lowest BCUT2D eigenvalue weighted by Crippen LogP contribution is -1.90. The monoisotopic (exact) mass is 332 g/mol. The molecule has 0 saturated heterocycles. The third-order valence-electron chi connectivity index (χ3n) is 4.62. The standard InChI is InChI=1S/C19H13ClN4/c1-10-2-7-13-14(8-10)15(9-16-21-23-24-22-16)19-17(18(13)19)11-3-5-12(20)6-4-11/h2-8H,9H2,1H3,(H,21,22,23,24). The van der Waals surface area contributed by atoms with E-state index in [4.69, 9.17) is 11.6 Å². The summed E-state index contributed by atoms with van der Waals surface area (Å²) in [5, 5.41) is 17.8. The van der Waals surface area contributed by atoms with Crippen molar-refractivity contribution in [3.05, 3.63) is 64.4 Å². The quantitative estimate of drug-likeness (QED) is 0.527. The summed E-state index contributed by atoms with van der Waals surface area (Å²) in [6.45, 7) is 2.12. The lowest BCUT2D eigenvalue weighted by Gasteiger charge is -2.01. The third kappa shape index (κ3) is 1.96. The van der Waals surface area contributed by atoms with Gasteiger partial charge in [0.1, 0.15) is 0 Å². The lowest BCUT2D eigenvalue weighted by molar-refractivity contribution is 0.881. The maximum Gasteiger partial charge on any atom is 0.178 e. The SMILES string of the molecule is Cc1ccc2c3c(-c4ccc(Cl)cc4)c-3c(Cc3nn[nH]n3)c2c1. The first-order chi connectivity index (χ1) is 11.7. The number of hydrogen-bond acceptors (Lipinski definition) is 3. The largest absolute Gasteiger partial charge is 0.178 e. The summed E-state index contributed by atoms with van der Waals surface area (Å²) < 4.78 is 0. The summed E-state index contributed by atoms with van der Waals surface area (Å²) in [5.74, 6) is 0.716. The fraction of sp³-hybridized carbons (Fsp3) is 0.105. The third-order valence-corrected chi connectivity index (χ3v) is 4.87. The second-order valence-corrected chi connectivity index (χ2v) is 6.60. The van der Waals surface area contributed by atoms with Crippen LogP contribution in [0.3, 0.4) is 0 Å². The van der Waals surface area contributed by atoms with Crippen LogP contribution in [0.2, 0.25) is 5.02 Å². The second kappa shape index (κ2) is 4.89. The fourth-order valence-electron chi connectivity index (χ4n) is 3.52. The predicted octanol–water partition coefficient (Wildman–Crippen LogP) is 4.55. The maximum absolute atomic E-state index is 6.02. The molecular weight excluding hydrogens is 320 g/mol. The van der Waals surface area contributed by atoms with Crippen molar-refractivity contribution in [3.63, 3.8) is 0 Å². The van der Waals surface area contributed by atoms with Gasteiger partial charge in [0.15, 0.2) is 5.82 Å². The molecule has 0 bridgehead atoms. The number of H-pyrrole nitrogens is 1. The van der Waals surface area contributed by atoms with E-state index < -0.39 is 0 Å². The Hall–Kier alpha value is -2.72. The fourth-order valence-corrected chi connectivity index (χ4v) is 3.65. The maximum atomic E-state index is 6.02. The molecule has 24 heavy (non-hydrogen) atoms. The number of aromatic nitrogens is 4. The number of rotatable bonds is 3. The molecule has 0 fully saturated rings. The van der Waals surface area contributed by atoms with Gasteiger partial charge in [0.2, 0.25) is 0 Å². The van der Waals surface area contributed by atoms with Crippen molar-refractivity contribution >= 4 is 22.4 Å². The molecule has 0 spiro atoms. The topological polar surface area (TPSA) is 54.5 Å². The molecule has 5 heteroatoms. The molecule has 0 aliphatic heterocycles. The van der Waals surface area contributed by atoms with E-state index in [2.05, 4.69) is 57.9 Å². The van der Waals surface area contributed by atoms with Crippen LogP contribution in [0, 0.1) is 6.92 Å². The highest BCUT2D eigenvalue weighted by molar-refractivity contribution is 6.31. The number of aromatic amines is 1. The number of halogens is 1. The van der Waals surface area contributed by atoms with Crippen LogP contribution in [0.25, 0.3) is 33.0 Å². The summed E-state index contributed by atoms with van der Waals surface area (Å²) in [6, 6.07) is 14.7. The molecule has 2 aliphatic carbocycles. The van der Waals surface area contributed by atoms with Crippen molar-refractivity contribution in [1.82, 2.24) is 20.6 Å². The van der Waals surface area contributed by atoms with Gasteiger partial charge in [-0.15, -0.1) is 10.2 Å². The molecule has 4 nitrogen and oxygen atoms in total. The smallest absolute Gasteiger partial charge is 0.177 e. The van der Waals surface area contributed by atoms with Crippen molar-refractivity contribution in [2.75, 3.05) is 0 Å². The molecule has 0 atom stereocenters. The minimum atomic E-state index is 0.683. The van der Waals surface area contributed by atoms with Crippen LogP contribution >= 0.6 is 11.6 Å². The average Bonchev–Trinajstić information content (AvgIpc) is 2.94. The number of benzene rings is 3. The summed E-state index contributed by atoms with van der Waals surface area (Å²) in [7, 11) is 0. The number of nitrogens with one attached hydrogen (secondary N) is 1.